The normalized spacial score (nSPS) is 55.2. The molecule has 4 rings (SSSR count). The van der Waals surface area contributed by atoms with E-state index >= 15 is 0 Å². The summed E-state index contributed by atoms with van der Waals surface area (Å²) in [5.74, 6) is -1.12. The Balaban J connectivity index is 1.68. The van der Waals surface area contributed by atoms with Crippen molar-refractivity contribution in [3.05, 3.63) is 0 Å². The maximum Gasteiger partial charge on any atom is 0.125 e. The van der Waals surface area contributed by atoms with Gasteiger partial charge in [-0.3, -0.25) is 0 Å². The molecular formula is C27H48O9. The average molecular weight is 517 g/mol. The minimum atomic E-state index is -2.05. The predicted molar refractivity (Wildman–Crippen MR) is 130 cm³/mol. The zero-order valence-electron chi connectivity index (χ0n) is 22.1. The van der Waals surface area contributed by atoms with Gasteiger partial charge in [0.1, 0.15) is 22.9 Å². The van der Waals surface area contributed by atoms with Gasteiger partial charge in [0.15, 0.2) is 0 Å². The zero-order chi connectivity index (χ0) is 27.1. The van der Waals surface area contributed by atoms with Crippen LogP contribution < -0.4 is 0 Å². The summed E-state index contributed by atoms with van der Waals surface area (Å²) in [7, 11) is 0. The molecule has 0 heterocycles. The standard InChI is InChI=1S/C27H48O9/c1-14(5-6-17(29)15(2)13-28)16-11-20(31)27(36)23(16,3)10-8-19-24(4)9-7-18(30)22(33)26(24,35)21(32)12-25(19,27)34/h14-22,28-36H,5-13H2,1-4H3/t14-,15-,16-,17-,18+,19-,20+,21+,22+,23-,24-,25+,26-,27+/m1/s1. The van der Waals surface area contributed by atoms with Gasteiger partial charge in [-0.25, -0.2) is 0 Å². The molecule has 4 aliphatic carbocycles. The summed E-state index contributed by atoms with van der Waals surface area (Å²) in [6.45, 7) is 7.29. The van der Waals surface area contributed by atoms with E-state index < -0.39 is 70.5 Å². The Morgan fingerprint density at radius 3 is 2.08 bits per heavy atom. The molecule has 0 radical (unpaired) electrons. The van der Waals surface area contributed by atoms with Crippen molar-refractivity contribution in [2.45, 2.75) is 126 Å². The summed E-state index contributed by atoms with van der Waals surface area (Å²) in [4.78, 5) is 0. The summed E-state index contributed by atoms with van der Waals surface area (Å²) in [5, 5.41) is 99.6. The van der Waals surface area contributed by atoms with Gasteiger partial charge in [0, 0.05) is 29.8 Å². The fraction of sp³-hybridized carbons (Fsp3) is 1.00. The number of hydrogen-bond donors (Lipinski definition) is 9. The lowest BCUT2D eigenvalue weighted by Crippen LogP contribution is -2.83. The lowest BCUT2D eigenvalue weighted by molar-refractivity contribution is -0.372. The van der Waals surface area contributed by atoms with Crippen molar-refractivity contribution in [2.24, 2.45) is 34.5 Å². The van der Waals surface area contributed by atoms with E-state index in [1.807, 2.05) is 13.8 Å². The Hall–Kier alpha value is -0.360. The van der Waals surface area contributed by atoms with Crippen molar-refractivity contribution in [1.82, 2.24) is 0 Å². The van der Waals surface area contributed by atoms with Crippen LogP contribution in [0.2, 0.25) is 0 Å². The molecule has 0 aromatic rings. The highest BCUT2D eigenvalue weighted by molar-refractivity contribution is 5.31. The fourth-order valence-electron chi connectivity index (χ4n) is 9.41. The van der Waals surface area contributed by atoms with Gasteiger partial charge in [0.2, 0.25) is 0 Å². The average Bonchev–Trinajstić information content (AvgIpc) is 3.04. The molecule has 14 atom stereocenters. The minimum Gasteiger partial charge on any atom is -0.396 e. The molecular weight excluding hydrogens is 468 g/mol. The van der Waals surface area contributed by atoms with Crippen LogP contribution in [0.3, 0.4) is 0 Å². The highest BCUT2D eigenvalue weighted by Gasteiger charge is 2.81. The molecule has 0 aliphatic heterocycles. The number of fused-ring (bicyclic) bond motifs is 5. The van der Waals surface area contributed by atoms with E-state index in [1.165, 1.54) is 0 Å². The van der Waals surface area contributed by atoms with Crippen molar-refractivity contribution >= 4 is 0 Å². The van der Waals surface area contributed by atoms with Crippen LogP contribution in [0.1, 0.15) is 79.1 Å². The number of aliphatic hydroxyl groups excluding tert-OH is 6. The topological polar surface area (TPSA) is 182 Å². The molecule has 0 unspecified atom stereocenters. The maximum absolute atomic E-state index is 12.4. The second-order valence-electron chi connectivity index (χ2n) is 13.4. The van der Waals surface area contributed by atoms with Crippen molar-refractivity contribution < 1.29 is 46.0 Å². The van der Waals surface area contributed by atoms with E-state index in [0.717, 1.165) is 0 Å². The van der Waals surface area contributed by atoms with Crippen molar-refractivity contribution in [3.8, 4) is 0 Å². The molecule has 0 aromatic carbocycles. The quantitative estimate of drug-likeness (QED) is 0.228. The van der Waals surface area contributed by atoms with Gasteiger partial charge in [-0.1, -0.05) is 27.7 Å². The summed E-state index contributed by atoms with van der Waals surface area (Å²) in [5.41, 5.74) is -8.00. The van der Waals surface area contributed by atoms with E-state index in [4.69, 9.17) is 0 Å². The summed E-state index contributed by atoms with van der Waals surface area (Å²) >= 11 is 0. The van der Waals surface area contributed by atoms with Gasteiger partial charge in [-0.05, 0) is 62.7 Å². The monoisotopic (exact) mass is 516 g/mol. The first-order valence-electron chi connectivity index (χ1n) is 13.7. The smallest absolute Gasteiger partial charge is 0.125 e. The van der Waals surface area contributed by atoms with Gasteiger partial charge < -0.3 is 46.0 Å². The molecule has 0 amide bonds. The van der Waals surface area contributed by atoms with Crippen LogP contribution in [0.15, 0.2) is 0 Å². The molecule has 4 fully saturated rings. The predicted octanol–water partition coefficient (Wildman–Crippen LogP) is -0.331. The van der Waals surface area contributed by atoms with Crippen LogP contribution in [0.4, 0.5) is 0 Å². The third-order valence-corrected chi connectivity index (χ3v) is 11.9. The van der Waals surface area contributed by atoms with Gasteiger partial charge in [0.25, 0.3) is 0 Å². The highest BCUT2D eigenvalue weighted by Crippen LogP contribution is 2.72. The summed E-state index contributed by atoms with van der Waals surface area (Å²) in [6.07, 6.45) is -4.07. The molecule has 36 heavy (non-hydrogen) atoms. The molecule has 9 heteroatoms. The van der Waals surface area contributed by atoms with Crippen LogP contribution in [-0.4, -0.2) is 99.9 Å². The Morgan fingerprint density at radius 1 is 0.861 bits per heavy atom. The van der Waals surface area contributed by atoms with E-state index in [2.05, 4.69) is 0 Å². The number of rotatable bonds is 6. The number of aliphatic hydroxyl groups is 9. The van der Waals surface area contributed by atoms with Crippen LogP contribution in [0.25, 0.3) is 0 Å². The molecule has 9 nitrogen and oxygen atoms in total. The van der Waals surface area contributed by atoms with E-state index in [1.54, 1.807) is 13.8 Å². The second-order valence-corrected chi connectivity index (χ2v) is 13.4. The molecule has 0 spiro atoms. The summed E-state index contributed by atoms with van der Waals surface area (Å²) < 4.78 is 0. The van der Waals surface area contributed by atoms with Gasteiger partial charge in [-0.2, -0.15) is 0 Å². The fourth-order valence-corrected chi connectivity index (χ4v) is 9.41. The van der Waals surface area contributed by atoms with Crippen LogP contribution in [0.5, 0.6) is 0 Å². The van der Waals surface area contributed by atoms with E-state index in [0.29, 0.717) is 25.7 Å². The van der Waals surface area contributed by atoms with Crippen LogP contribution in [0, 0.1) is 34.5 Å². The first kappa shape index (κ1) is 28.6. The summed E-state index contributed by atoms with van der Waals surface area (Å²) in [6, 6.07) is 0. The Kier molecular flexibility index (Phi) is 7.24. The molecule has 0 bridgehead atoms. The lowest BCUT2D eigenvalue weighted by atomic mass is 9.38. The zero-order valence-corrected chi connectivity index (χ0v) is 22.1. The van der Waals surface area contributed by atoms with Crippen molar-refractivity contribution in [1.29, 1.82) is 0 Å². The van der Waals surface area contributed by atoms with Crippen LogP contribution >= 0.6 is 0 Å². The van der Waals surface area contributed by atoms with Crippen LogP contribution in [-0.2, 0) is 0 Å². The Morgan fingerprint density at radius 2 is 1.47 bits per heavy atom. The highest BCUT2D eigenvalue weighted by atomic mass is 16.4. The molecule has 4 saturated carbocycles. The largest absolute Gasteiger partial charge is 0.396 e. The molecule has 4 aliphatic rings. The van der Waals surface area contributed by atoms with E-state index in [-0.39, 0.29) is 43.6 Å². The number of hydrogen-bond acceptors (Lipinski definition) is 9. The Bertz CT molecular complexity index is 827. The first-order valence-corrected chi connectivity index (χ1v) is 13.7. The minimum absolute atomic E-state index is 0.00653. The SMILES string of the molecule is C[C@H](CO)[C@H](O)CC[C@@H](C)[C@H]1C[C@H](O)[C@]2(O)[C@]1(C)CC[C@@H]1[C@@]3(C)CC[C@H](O)[C@H](O)[C@]3(O)[C@@H](O)C[C@]12O. The van der Waals surface area contributed by atoms with Crippen molar-refractivity contribution in [3.63, 3.8) is 0 Å². The third-order valence-electron chi connectivity index (χ3n) is 11.9. The lowest BCUT2D eigenvalue weighted by Gasteiger charge is -2.71. The molecule has 9 N–H and O–H groups in total. The van der Waals surface area contributed by atoms with E-state index in [9.17, 15) is 46.0 Å². The third kappa shape index (κ3) is 3.40. The molecule has 210 valence electrons. The second kappa shape index (κ2) is 9.10. The first-order chi connectivity index (χ1) is 16.6. The Labute approximate surface area is 213 Å². The van der Waals surface area contributed by atoms with Crippen molar-refractivity contribution in [2.75, 3.05) is 6.61 Å². The maximum atomic E-state index is 12.4. The van der Waals surface area contributed by atoms with Gasteiger partial charge in [-0.15, -0.1) is 0 Å². The van der Waals surface area contributed by atoms with Gasteiger partial charge in [0.05, 0.1) is 24.4 Å². The van der Waals surface area contributed by atoms with Gasteiger partial charge >= 0.3 is 0 Å². The molecule has 0 saturated heterocycles. The molecule has 0 aromatic heterocycles.